The van der Waals surface area contributed by atoms with Crippen LogP contribution >= 0.6 is 0 Å². The Kier molecular flexibility index (Phi) is 5.67. The molecule has 1 aromatic rings. The van der Waals surface area contributed by atoms with Gasteiger partial charge in [-0.1, -0.05) is 0 Å². The molecule has 158 valence electrons. The highest BCUT2D eigenvalue weighted by molar-refractivity contribution is 6.32. The van der Waals surface area contributed by atoms with Crippen molar-refractivity contribution in [3.63, 3.8) is 0 Å². The van der Waals surface area contributed by atoms with Gasteiger partial charge < -0.3 is 4.90 Å². The fraction of sp³-hybridized carbons (Fsp3) is 0.400. The molecule has 0 spiro atoms. The van der Waals surface area contributed by atoms with E-state index >= 15 is 0 Å². The van der Waals surface area contributed by atoms with Gasteiger partial charge in [0.25, 0.3) is 11.8 Å². The highest BCUT2D eigenvalue weighted by Crippen LogP contribution is 2.36. The van der Waals surface area contributed by atoms with Crippen molar-refractivity contribution in [1.29, 1.82) is 5.26 Å². The number of nitriles is 1. The Morgan fingerprint density at radius 3 is 2.30 bits per heavy atom. The van der Waals surface area contributed by atoms with Crippen molar-refractivity contribution >= 4 is 23.4 Å². The molecule has 30 heavy (non-hydrogen) atoms. The first-order valence-electron chi connectivity index (χ1n) is 9.22. The summed E-state index contributed by atoms with van der Waals surface area (Å²) in [6.45, 7) is 5.15. The van der Waals surface area contributed by atoms with Crippen LogP contribution in [0.5, 0.6) is 0 Å². The third-order valence-corrected chi connectivity index (χ3v) is 5.32. The molecule has 0 unspecified atom stereocenters. The first-order valence-corrected chi connectivity index (χ1v) is 9.22. The Balaban J connectivity index is 1.83. The lowest BCUT2D eigenvalue weighted by Crippen LogP contribution is -2.48. The van der Waals surface area contributed by atoms with Gasteiger partial charge in [-0.3, -0.25) is 19.3 Å². The summed E-state index contributed by atoms with van der Waals surface area (Å²) in [6.07, 6.45) is -4.80. The van der Waals surface area contributed by atoms with Crippen LogP contribution in [-0.4, -0.2) is 60.2 Å². The van der Waals surface area contributed by atoms with E-state index < -0.39 is 29.1 Å². The summed E-state index contributed by atoms with van der Waals surface area (Å²) in [7, 11) is 0. The maximum absolute atomic E-state index is 13.3. The van der Waals surface area contributed by atoms with E-state index in [1.165, 1.54) is 19.9 Å². The Bertz CT molecular complexity index is 986. The van der Waals surface area contributed by atoms with Gasteiger partial charge in [-0.2, -0.15) is 18.4 Å². The number of hydrogen-bond acceptors (Lipinski definition) is 5. The zero-order valence-electron chi connectivity index (χ0n) is 16.4. The monoisotopic (exact) mass is 420 g/mol. The van der Waals surface area contributed by atoms with Gasteiger partial charge in [-0.25, -0.2) is 4.90 Å². The molecule has 2 heterocycles. The molecule has 7 nitrogen and oxygen atoms in total. The summed E-state index contributed by atoms with van der Waals surface area (Å²) in [5.41, 5.74) is -1.62. The Hall–Kier alpha value is -3.19. The molecule has 2 aliphatic rings. The Labute approximate surface area is 170 Å². The molecule has 3 amide bonds. The molecule has 0 aromatic heterocycles. The highest BCUT2D eigenvalue weighted by Gasteiger charge is 2.40. The van der Waals surface area contributed by atoms with E-state index in [0.29, 0.717) is 37.1 Å². The van der Waals surface area contributed by atoms with Gasteiger partial charge in [0.05, 0.1) is 22.9 Å². The van der Waals surface area contributed by atoms with Crippen LogP contribution in [0.3, 0.4) is 0 Å². The third-order valence-electron chi connectivity index (χ3n) is 5.32. The van der Waals surface area contributed by atoms with E-state index in [9.17, 15) is 27.6 Å². The first kappa shape index (κ1) is 21.5. The molecule has 0 aliphatic carbocycles. The highest BCUT2D eigenvalue weighted by atomic mass is 19.4. The normalized spacial score (nSPS) is 18.3. The maximum Gasteiger partial charge on any atom is 0.417 e. The van der Waals surface area contributed by atoms with E-state index in [0.717, 1.165) is 12.1 Å². The number of amides is 3. The van der Waals surface area contributed by atoms with Crippen LogP contribution in [0.25, 0.3) is 0 Å². The number of piperazine rings is 1. The lowest BCUT2D eigenvalue weighted by atomic mass is 10.1. The zero-order valence-corrected chi connectivity index (χ0v) is 16.4. The summed E-state index contributed by atoms with van der Waals surface area (Å²) in [5.74, 6) is -1.40. The molecule has 10 heteroatoms. The smallest absolute Gasteiger partial charge is 0.340 e. The van der Waals surface area contributed by atoms with Gasteiger partial charge in [0.15, 0.2) is 0 Å². The van der Waals surface area contributed by atoms with Crippen LogP contribution in [0.2, 0.25) is 0 Å². The number of benzene rings is 1. The van der Waals surface area contributed by atoms with E-state index in [-0.39, 0.29) is 29.3 Å². The molecule has 3 rings (SSSR count). The quantitative estimate of drug-likeness (QED) is 0.698. The summed E-state index contributed by atoms with van der Waals surface area (Å²) >= 11 is 0. The minimum atomic E-state index is -4.80. The average molecular weight is 420 g/mol. The summed E-state index contributed by atoms with van der Waals surface area (Å²) in [6, 6.07) is 4.23. The lowest BCUT2D eigenvalue weighted by Gasteiger charge is -2.34. The Morgan fingerprint density at radius 2 is 1.77 bits per heavy atom. The van der Waals surface area contributed by atoms with Crippen molar-refractivity contribution in [3.05, 3.63) is 40.5 Å². The summed E-state index contributed by atoms with van der Waals surface area (Å²) in [4.78, 5) is 41.3. The number of nitrogens with zero attached hydrogens (tertiary/aromatic N) is 4. The van der Waals surface area contributed by atoms with Crippen LogP contribution in [0, 0.1) is 11.3 Å². The average Bonchev–Trinajstić information content (AvgIpc) is 2.90. The topological polar surface area (TPSA) is 84.7 Å². The van der Waals surface area contributed by atoms with Crippen LogP contribution < -0.4 is 4.90 Å². The van der Waals surface area contributed by atoms with E-state index in [1.807, 2.05) is 4.90 Å². The zero-order chi connectivity index (χ0) is 22.2. The fourth-order valence-corrected chi connectivity index (χ4v) is 3.55. The number of rotatable bonds is 3. The second kappa shape index (κ2) is 7.91. The van der Waals surface area contributed by atoms with Crippen LogP contribution in [0.1, 0.15) is 25.0 Å². The first-order chi connectivity index (χ1) is 14.0. The van der Waals surface area contributed by atoms with Crippen molar-refractivity contribution in [2.24, 2.45) is 0 Å². The minimum Gasteiger partial charge on any atom is -0.340 e. The Morgan fingerprint density at radius 1 is 1.13 bits per heavy atom. The molecule has 1 fully saturated rings. The predicted octanol–water partition coefficient (Wildman–Crippen LogP) is 1.93. The standard InChI is InChI=1S/C20H19F3N4O3/c1-12-16(11-25-5-7-26(8-6-25)13(2)28)19(30)27(18(12)29)15-4-3-14(10-24)17(9-15)20(21,22)23/h3-4,9H,5-8,11H2,1-2H3. The van der Waals surface area contributed by atoms with Gasteiger partial charge in [0.2, 0.25) is 5.91 Å². The molecule has 0 radical (unpaired) electrons. The molecular formula is C20H19F3N4O3. The van der Waals surface area contributed by atoms with Gasteiger partial charge in [0, 0.05) is 50.8 Å². The second-order valence-corrected chi connectivity index (χ2v) is 7.17. The van der Waals surface area contributed by atoms with Crippen molar-refractivity contribution < 1.29 is 27.6 Å². The van der Waals surface area contributed by atoms with E-state index in [1.54, 1.807) is 4.90 Å². The number of alkyl halides is 3. The molecule has 0 saturated carbocycles. The van der Waals surface area contributed by atoms with Gasteiger partial charge in [0.1, 0.15) is 0 Å². The lowest BCUT2D eigenvalue weighted by molar-refractivity contribution is -0.138. The number of anilines is 1. The number of hydrogen-bond donors (Lipinski definition) is 0. The van der Waals surface area contributed by atoms with Crippen molar-refractivity contribution in [2.75, 3.05) is 37.6 Å². The van der Waals surface area contributed by atoms with Crippen molar-refractivity contribution in [1.82, 2.24) is 9.80 Å². The molecule has 0 N–H and O–H groups in total. The van der Waals surface area contributed by atoms with Gasteiger partial charge >= 0.3 is 6.18 Å². The number of carbonyl (C=O) groups excluding carboxylic acids is 3. The molecule has 2 aliphatic heterocycles. The summed E-state index contributed by atoms with van der Waals surface area (Å²) < 4.78 is 39.8. The summed E-state index contributed by atoms with van der Waals surface area (Å²) in [5, 5.41) is 8.93. The fourth-order valence-electron chi connectivity index (χ4n) is 3.55. The molecule has 1 saturated heterocycles. The number of halogens is 3. The minimum absolute atomic E-state index is 0.0374. The maximum atomic E-state index is 13.3. The molecule has 0 bridgehead atoms. The van der Waals surface area contributed by atoms with Gasteiger partial charge in [-0.05, 0) is 25.1 Å². The number of imide groups is 1. The SMILES string of the molecule is CC(=O)N1CCN(CC2=C(C)C(=O)N(c3ccc(C#N)c(C(F)(F)F)c3)C2=O)CC1. The van der Waals surface area contributed by atoms with Crippen LogP contribution in [-0.2, 0) is 20.6 Å². The molecule has 1 aromatic carbocycles. The van der Waals surface area contributed by atoms with Crippen LogP contribution in [0.4, 0.5) is 18.9 Å². The van der Waals surface area contributed by atoms with Crippen molar-refractivity contribution in [3.8, 4) is 6.07 Å². The van der Waals surface area contributed by atoms with E-state index in [2.05, 4.69) is 0 Å². The largest absolute Gasteiger partial charge is 0.417 e. The second-order valence-electron chi connectivity index (χ2n) is 7.17. The molecular weight excluding hydrogens is 401 g/mol. The van der Waals surface area contributed by atoms with E-state index in [4.69, 9.17) is 5.26 Å². The number of carbonyl (C=O) groups is 3. The van der Waals surface area contributed by atoms with Crippen molar-refractivity contribution in [2.45, 2.75) is 20.0 Å². The van der Waals surface area contributed by atoms with Gasteiger partial charge in [-0.15, -0.1) is 0 Å². The molecule has 0 atom stereocenters. The van der Waals surface area contributed by atoms with Crippen LogP contribution in [0.15, 0.2) is 29.3 Å². The third kappa shape index (κ3) is 3.93. The predicted molar refractivity (Wildman–Crippen MR) is 100 cm³/mol.